The van der Waals surface area contributed by atoms with E-state index in [1.807, 2.05) is 67.6 Å². The van der Waals surface area contributed by atoms with Gasteiger partial charge in [-0.2, -0.15) is 11.8 Å². The molecule has 190 valence electrons. The molecule has 3 rings (SSSR count). The van der Waals surface area contributed by atoms with E-state index in [1.165, 1.54) is 11.1 Å². The molecule has 3 aromatic carbocycles. The van der Waals surface area contributed by atoms with Crippen LogP contribution in [0.25, 0.3) is 0 Å². The highest BCUT2D eigenvalue weighted by Crippen LogP contribution is 2.19. The van der Waals surface area contributed by atoms with Gasteiger partial charge in [-0.15, -0.1) is 0 Å². The van der Waals surface area contributed by atoms with Gasteiger partial charge in [0.2, 0.25) is 11.8 Å². The average Bonchev–Trinajstić information content (AvgIpc) is 2.89. The van der Waals surface area contributed by atoms with Gasteiger partial charge in [0.25, 0.3) is 0 Å². The molecule has 0 radical (unpaired) electrons. The summed E-state index contributed by atoms with van der Waals surface area (Å²) in [6.07, 6.45) is 0.881. The first kappa shape index (κ1) is 27.5. The molecular formula is C31H38N2O2S. The van der Waals surface area contributed by atoms with E-state index in [0.717, 1.165) is 16.9 Å². The third kappa shape index (κ3) is 9.19. The molecule has 3 aromatic rings. The molecule has 1 atom stereocenters. The Morgan fingerprint density at radius 1 is 0.833 bits per heavy atom. The maximum atomic E-state index is 13.6. The maximum Gasteiger partial charge on any atom is 0.243 e. The Morgan fingerprint density at radius 3 is 2.06 bits per heavy atom. The number of hydrogen-bond acceptors (Lipinski definition) is 3. The predicted molar refractivity (Wildman–Crippen MR) is 151 cm³/mol. The Bertz CT molecular complexity index is 1070. The molecule has 5 heteroatoms. The standard InChI is InChI=1S/C31H38N2O2S/c1-24(2)21-32-31(35)29(20-26-10-6-4-7-11-26)33(22-27-16-14-25(3)15-17-27)30(34)18-19-36-23-28-12-8-5-9-13-28/h4-17,24,29H,18-23H2,1-3H3,(H,32,35). The lowest BCUT2D eigenvalue weighted by atomic mass is 10.0. The summed E-state index contributed by atoms with van der Waals surface area (Å²) in [6.45, 7) is 7.20. The molecule has 0 aliphatic carbocycles. The van der Waals surface area contributed by atoms with Crippen LogP contribution in [-0.4, -0.2) is 35.1 Å². The van der Waals surface area contributed by atoms with Crippen molar-refractivity contribution in [3.8, 4) is 0 Å². The van der Waals surface area contributed by atoms with E-state index >= 15 is 0 Å². The number of benzene rings is 3. The summed E-state index contributed by atoms with van der Waals surface area (Å²) in [6, 6.07) is 27.9. The maximum absolute atomic E-state index is 13.6. The van der Waals surface area contributed by atoms with E-state index in [0.29, 0.717) is 37.6 Å². The molecule has 0 aromatic heterocycles. The first-order chi connectivity index (χ1) is 17.4. The van der Waals surface area contributed by atoms with E-state index in [2.05, 4.69) is 43.4 Å². The van der Waals surface area contributed by atoms with Crippen molar-refractivity contribution in [3.63, 3.8) is 0 Å². The molecule has 36 heavy (non-hydrogen) atoms. The highest BCUT2D eigenvalue weighted by atomic mass is 32.2. The number of hydrogen-bond donors (Lipinski definition) is 1. The molecule has 0 fully saturated rings. The van der Waals surface area contributed by atoms with Crippen LogP contribution in [0.2, 0.25) is 0 Å². The summed E-state index contributed by atoms with van der Waals surface area (Å²) in [5.41, 5.74) is 4.49. The SMILES string of the molecule is Cc1ccc(CN(C(=O)CCSCc2ccccc2)C(Cc2ccccc2)C(=O)NCC(C)C)cc1. The zero-order chi connectivity index (χ0) is 25.8. The van der Waals surface area contributed by atoms with Crippen molar-refractivity contribution in [1.29, 1.82) is 0 Å². The number of nitrogens with one attached hydrogen (secondary N) is 1. The summed E-state index contributed by atoms with van der Waals surface area (Å²) < 4.78 is 0. The molecule has 0 saturated carbocycles. The molecule has 0 spiro atoms. The summed E-state index contributed by atoms with van der Waals surface area (Å²) in [7, 11) is 0. The van der Waals surface area contributed by atoms with Crippen molar-refractivity contribution < 1.29 is 9.59 Å². The largest absolute Gasteiger partial charge is 0.354 e. The highest BCUT2D eigenvalue weighted by molar-refractivity contribution is 7.98. The molecule has 2 amide bonds. The molecule has 1 unspecified atom stereocenters. The fourth-order valence-corrected chi connectivity index (χ4v) is 4.83. The van der Waals surface area contributed by atoms with Crippen molar-refractivity contribution in [2.24, 2.45) is 5.92 Å². The molecule has 4 nitrogen and oxygen atoms in total. The zero-order valence-corrected chi connectivity index (χ0v) is 22.5. The molecular weight excluding hydrogens is 464 g/mol. The van der Waals surface area contributed by atoms with Gasteiger partial charge in [-0.05, 0) is 29.5 Å². The number of aryl methyl sites for hydroxylation is 1. The molecule has 1 N–H and O–H groups in total. The van der Waals surface area contributed by atoms with Crippen LogP contribution >= 0.6 is 11.8 Å². The minimum Gasteiger partial charge on any atom is -0.354 e. The van der Waals surface area contributed by atoms with Crippen LogP contribution < -0.4 is 5.32 Å². The quantitative estimate of drug-likeness (QED) is 0.290. The molecule has 0 bridgehead atoms. The van der Waals surface area contributed by atoms with Crippen LogP contribution in [-0.2, 0) is 28.3 Å². The number of carbonyl (C=O) groups is 2. The van der Waals surface area contributed by atoms with E-state index in [4.69, 9.17) is 0 Å². The fraction of sp³-hybridized carbons (Fsp3) is 0.355. The van der Waals surface area contributed by atoms with Crippen molar-refractivity contribution in [2.75, 3.05) is 12.3 Å². The van der Waals surface area contributed by atoms with E-state index in [9.17, 15) is 9.59 Å². The van der Waals surface area contributed by atoms with Crippen molar-refractivity contribution >= 4 is 23.6 Å². The lowest BCUT2D eigenvalue weighted by Crippen LogP contribution is -2.51. The number of thioether (sulfide) groups is 1. The zero-order valence-electron chi connectivity index (χ0n) is 21.7. The Balaban J connectivity index is 1.78. The van der Waals surface area contributed by atoms with Gasteiger partial charge < -0.3 is 10.2 Å². The summed E-state index contributed by atoms with van der Waals surface area (Å²) >= 11 is 1.75. The van der Waals surface area contributed by atoms with E-state index < -0.39 is 6.04 Å². The summed E-state index contributed by atoms with van der Waals surface area (Å²) in [5, 5.41) is 3.08. The normalized spacial score (nSPS) is 11.8. The van der Waals surface area contributed by atoms with Gasteiger partial charge in [0, 0.05) is 37.4 Å². The van der Waals surface area contributed by atoms with E-state index in [-0.39, 0.29) is 11.8 Å². The Morgan fingerprint density at radius 2 is 1.44 bits per heavy atom. The Kier molecular flexibility index (Phi) is 11.1. The van der Waals surface area contributed by atoms with Gasteiger partial charge in [-0.3, -0.25) is 9.59 Å². The van der Waals surface area contributed by atoms with Gasteiger partial charge in [0.15, 0.2) is 0 Å². The fourth-order valence-electron chi connectivity index (χ4n) is 3.93. The monoisotopic (exact) mass is 502 g/mol. The first-order valence-corrected chi connectivity index (χ1v) is 13.9. The molecule has 0 aliphatic heterocycles. The predicted octanol–water partition coefficient (Wildman–Crippen LogP) is 6.03. The highest BCUT2D eigenvalue weighted by Gasteiger charge is 2.30. The third-order valence-corrected chi connectivity index (χ3v) is 7.03. The topological polar surface area (TPSA) is 49.4 Å². The second kappa shape index (κ2) is 14.5. The van der Waals surface area contributed by atoms with Gasteiger partial charge in [-0.1, -0.05) is 104 Å². The van der Waals surface area contributed by atoms with Crippen molar-refractivity contribution in [3.05, 3.63) is 107 Å². The van der Waals surface area contributed by atoms with Gasteiger partial charge in [-0.25, -0.2) is 0 Å². The number of carbonyl (C=O) groups excluding carboxylic acids is 2. The lowest BCUT2D eigenvalue weighted by molar-refractivity contribution is -0.141. The second-order valence-electron chi connectivity index (χ2n) is 9.64. The van der Waals surface area contributed by atoms with Crippen LogP contribution in [0.5, 0.6) is 0 Å². The molecule has 0 heterocycles. The van der Waals surface area contributed by atoms with Gasteiger partial charge in [0.1, 0.15) is 6.04 Å². The van der Waals surface area contributed by atoms with Crippen LogP contribution in [0.4, 0.5) is 0 Å². The lowest BCUT2D eigenvalue weighted by Gasteiger charge is -2.32. The number of nitrogens with zero attached hydrogens (tertiary/aromatic N) is 1. The minimum absolute atomic E-state index is 0.0109. The van der Waals surface area contributed by atoms with E-state index in [1.54, 1.807) is 16.7 Å². The Hall–Kier alpha value is -3.05. The number of rotatable bonds is 13. The van der Waals surface area contributed by atoms with Gasteiger partial charge >= 0.3 is 0 Å². The smallest absolute Gasteiger partial charge is 0.243 e. The molecule has 0 aliphatic rings. The van der Waals surface area contributed by atoms with Crippen molar-refractivity contribution in [2.45, 2.75) is 52.0 Å². The summed E-state index contributed by atoms with van der Waals surface area (Å²) in [4.78, 5) is 28.9. The van der Waals surface area contributed by atoms with Gasteiger partial charge in [0.05, 0.1) is 0 Å². The van der Waals surface area contributed by atoms with Crippen molar-refractivity contribution in [1.82, 2.24) is 10.2 Å². The number of amides is 2. The third-order valence-electron chi connectivity index (χ3n) is 6.00. The molecule has 0 saturated heterocycles. The van der Waals surface area contributed by atoms with Crippen LogP contribution in [0, 0.1) is 12.8 Å². The van der Waals surface area contributed by atoms with Crippen LogP contribution in [0.15, 0.2) is 84.9 Å². The first-order valence-electron chi connectivity index (χ1n) is 12.7. The summed E-state index contributed by atoms with van der Waals surface area (Å²) in [5.74, 6) is 1.83. The Labute approximate surface area is 220 Å². The second-order valence-corrected chi connectivity index (χ2v) is 10.7. The minimum atomic E-state index is -0.570. The van der Waals surface area contributed by atoms with Crippen LogP contribution in [0.3, 0.4) is 0 Å². The average molecular weight is 503 g/mol. The van der Waals surface area contributed by atoms with Crippen LogP contribution in [0.1, 0.15) is 42.5 Å².